The summed E-state index contributed by atoms with van der Waals surface area (Å²) in [4.78, 5) is 65.5. The van der Waals surface area contributed by atoms with Crippen LogP contribution in [0.15, 0.2) is 173 Å². The van der Waals surface area contributed by atoms with E-state index in [0.29, 0.717) is 34.1 Å². The Balaban J connectivity index is 1.13. The van der Waals surface area contributed by atoms with E-state index in [1.54, 1.807) is 0 Å². The van der Waals surface area contributed by atoms with Crippen molar-refractivity contribution in [3.63, 3.8) is 0 Å². The summed E-state index contributed by atoms with van der Waals surface area (Å²) < 4.78 is 281. The van der Waals surface area contributed by atoms with Crippen molar-refractivity contribution >= 4 is 224 Å². The highest BCUT2D eigenvalue weighted by atomic mass is 32.2. The number of benzene rings is 10. The first-order chi connectivity index (χ1) is 46.3. The van der Waals surface area contributed by atoms with Gasteiger partial charge in [0, 0.05) is 44.3 Å². The van der Waals surface area contributed by atoms with Crippen molar-refractivity contribution in [3.8, 4) is 0 Å². The Morgan fingerprint density at radius 1 is 0.290 bits per heavy atom. The molecule has 0 atom stereocenters. The molecular formula is C57H36N6O29S8. The fourth-order valence-corrected chi connectivity index (χ4v) is 17.0. The summed E-state index contributed by atoms with van der Waals surface area (Å²) in [6.07, 6.45) is 0.316. The molecule has 0 saturated heterocycles. The summed E-state index contributed by atoms with van der Waals surface area (Å²) in [6.45, 7) is 0. The molecule has 0 spiro atoms. The first-order valence-electron chi connectivity index (χ1n) is 27.0. The van der Waals surface area contributed by atoms with Crippen molar-refractivity contribution < 1.29 is 128 Å². The topological polar surface area (TPSA) is 557 Å². The molecule has 4 aliphatic rings. The van der Waals surface area contributed by atoms with Gasteiger partial charge in [-0.2, -0.15) is 67.3 Å². The Morgan fingerprint density at radius 3 is 0.730 bits per heavy atom. The Bertz CT molecular complexity index is 5770. The zero-order chi connectivity index (χ0) is 73.0. The normalized spacial score (nSPS) is 13.2. The molecule has 4 heterocycles. The van der Waals surface area contributed by atoms with Crippen LogP contribution in [0, 0.1) is 0 Å². The number of hydrogen-bond acceptors (Lipinski definition) is 23. The van der Waals surface area contributed by atoms with E-state index in [1.165, 1.54) is 0 Å². The number of rotatable bonds is 22. The van der Waals surface area contributed by atoms with Gasteiger partial charge in [0.1, 0.15) is 19.6 Å². The molecule has 0 fully saturated rings. The number of hydrogen-bond donors (Lipinski definition) is 10. The van der Waals surface area contributed by atoms with E-state index in [2.05, 4.69) is 10.6 Å². The lowest BCUT2D eigenvalue weighted by Gasteiger charge is -2.39. The summed E-state index contributed by atoms with van der Waals surface area (Å²) in [5, 5.41) is 2.47. The average molecular weight is 1530 g/mol. The number of anilines is 12. The molecule has 4 aliphatic heterocycles. The summed E-state index contributed by atoms with van der Waals surface area (Å²) in [5.41, 5.74) is -5.77. The predicted octanol–water partition coefficient (Wildman–Crippen LogP) is 6.80. The standard InChI is InChI=1S/C57H36N6O29S8/c64-23-60(31-1-5-39-27(9-31)13-35(93(69,70)71)17-47(39)97(81,82)83)45-21-43(51-55(53(45)58-51)62(25-66)33-3-7-41-29(11-33)15-37(95(75,76)77)19-49(41)99(87,88)89)57(68)44-22-46(61(24-65)32-2-6-40-28(10-32)14-36(94(72,73)74)18-48(40)98(84,85)86)54-56(52(44)59-54)63(26-67)34-4-8-42-30(12-34)16-38(96(78,79)80)20-50(42)100(90,91)92/h1-26,58-59H,(H,69,70,71)(H,72,73,74)(H,75,76,77)(H,78,79,80)(H,81,82,83)(H,84,85,86)(H,87,88,89)(H,90,91,92). The lowest BCUT2D eigenvalue weighted by molar-refractivity contribution is -0.107. The van der Waals surface area contributed by atoms with Crippen molar-refractivity contribution in [2.24, 2.45) is 0 Å². The predicted molar refractivity (Wildman–Crippen MR) is 350 cm³/mol. The summed E-state index contributed by atoms with van der Waals surface area (Å²) in [5.74, 6) is -1.26. The number of carbonyl (C=O) groups excluding carboxylic acids is 5. The van der Waals surface area contributed by atoms with Crippen molar-refractivity contribution in [2.75, 3.05) is 30.2 Å². The van der Waals surface area contributed by atoms with Crippen LogP contribution in [-0.4, -0.2) is 135 Å². The van der Waals surface area contributed by atoms with Gasteiger partial charge >= 0.3 is 0 Å². The lowest BCUT2D eigenvalue weighted by atomic mass is 9.89. The summed E-state index contributed by atoms with van der Waals surface area (Å²) in [6, 6.07) is 18.6. The van der Waals surface area contributed by atoms with Gasteiger partial charge in [0.2, 0.25) is 25.6 Å². The zero-order valence-corrected chi connectivity index (χ0v) is 55.2. The number of amides is 4. The molecule has 0 unspecified atom stereocenters. The lowest BCUT2D eigenvalue weighted by Crippen LogP contribution is -2.29. The Hall–Kier alpha value is -10.3. The van der Waals surface area contributed by atoms with E-state index in [-0.39, 0.29) is 71.1 Å². The van der Waals surface area contributed by atoms with Gasteiger partial charge in [0.15, 0.2) is 5.78 Å². The molecule has 100 heavy (non-hydrogen) atoms. The number of fused-ring (bicyclic) bond motifs is 8. The minimum atomic E-state index is -5.31. The van der Waals surface area contributed by atoms with Crippen LogP contribution in [0.4, 0.5) is 68.2 Å². The molecule has 35 nitrogen and oxygen atoms in total. The Kier molecular flexibility index (Phi) is 16.3. The first-order valence-corrected chi connectivity index (χ1v) is 38.5. The third kappa shape index (κ3) is 12.1. The first kappa shape index (κ1) is 69.6. The third-order valence-corrected chi connectivity index (χ3v) is 22.8. The largest absolute Gasteiger partial charge is 0.350 e. The van der Waals surface area contributed by atoms with E-state index < -0.39 is 203 Å². The van der Waals surface area contributed by atoms with Crippen LogP contribution in [0.3, 0.4) is 0 Å². The minimum Gasteiger partial charge on any atom is -0.350 e. The molecule has 10 aromatic carbocycles. The van der Waals surface area contributed by atoms with E-state index in [1.807, 2.05) is 0 Å². The van der Waals surface area contributed by atoms with Crippen LogP contribution in [0.25, 0.3) is 43.1 Å². The van der Waals surface area contributed by atoms with Gasteiger partial charge in [0.25, 0.3) is 80.9 Å². The monoisotopic (exact) mass is 1520 g/mol. The van der Waals surface area contributed by atoms with Crippen molar-refractivity contribution in [1.82, 2.24) is 0 Å². The second kappa shape index (κ2) is 23.4. The van der Waals surface area contributed by atoms with Crippen LogP contribution in [-0.2, 0) is 100 Å². The molecular weight excluding hydrogens is 1490 g/mol. The highest BCUT2D eigenvalue weighted by Crippen LogP contribution is 2.60. The van der Waals surface area contributed by atoms with Gasteiger partial charge in [-0.25, -0.2) is 0 Å². The second-order valence-corrected chi connectivity index (χ2v) is 32.9. The summed E-state index contributed by atoms with van der Waals surface area (Å²) in [7, 11) is -42.3. The SMILES string of the molecule is O=CN(c1ccc2c(S(=O)(=O)O)cc(S(=O)(=O)O)cc2c1)c1cc(C(=O)c2cc(N(C=O)c3ccc4c(S(=O)(=O)O)cc(S(=O)(=O)O)cc4c3)c3c(N(C=O)c4ccc5c(S(=O)(=O)O)cc(S(=O)(=O)O)cc5c4)c2N3)c2c(N(C=O)c3ccc4c(S(=O)(=O)O)cc(S(=O)(=O)O)cc4c3)c1N2. The van der Waals surface area contributed by atoms with Crippen LogP contribution < -0.4 is 30.2 Å². The molecule has 14 rings (SSSR count). The fourth-order valence-electron chi connectivity index (χ4n) is 11.5. The minimum absolute atomic E-state index is 0.0733. The number of nitrogens with one attached hydrogen (secondary N) is 2. The van der Waals surface area contributed by atoms with Crippen molar-refractivity contribution in [1.29, 1.82) is 0 Å². The maximum absolute atomic E-state index is 16.1. The smallest absolute Gasteiger partial charge is 0.295 e. The van der Waals surface area contributed by atoms with Gasteiger partial charge < -0.3 is 10.6 Å². The van der Waals surface area contributed by atoms with E-state index in [9.17, 15) is 123 Å². The van der Waals surface area contributed by atoms with E-state index >= 15 is 4.79 Å². The highest BCUT2D eigenvalue weighted by molar-refractivity contribution is 7.88. The van der Waals surface area contributed by atoms with Gasteiger partial charge in [-0.3, -0.25) is 80.0 Å². The van der Waals surface area contributed by atoms with Gasteiger partial charge in [-0.1, -0.05) is 24.3 Å². The maximum Gasteiger partial charge on any atom is 0.295 e. The number of nitrogens with zero attached hydrogens (tertiary/aromatic N) is 4. The Morgan fingerprint density at radius 2 is 0.520 bits per heavy atom. The van der Waals surface area contributed by atoms with Gasteiger partial charge in [-0.05, 0) is 131 Å². The molecule has 0 aromatic heterocycles. The molecule has 10 aromatic rings. The number of ketones is 1. The molecule has 516 valence electrons. The van der Waals surface area contributed by atoms with Crippen molar-refractivity contribution in [3.05, 3.63) is 145 Å². The Labute approximate surface area is 561 Å². The van der Waals surface area contributed by atoms with Gasteiger partial charge in [-0.15, -0.1) is 0 Å². The maximum atomic E-state index is 16.1. The molecule has 0 aliphatic carbocycles. The molecule has 43 heteroatoms. The molecule has 10 N–H and O–H groups in total. The number of carbonyl (C=O) groups is 5. The van der Waals surface area contributed by atoms with Gasteiger partial charge in [0.05, 0.1) is 76.2 Å². The highest BCUT2D eigenvalue weighted by Gasteiger charge is 2.41. The molecule has 0 radical (unpaired) electrons. The average Bonchev–Trinajstić information content (AvgIpc) is 0.705. The third-order valence-electron chi connectivity index (χ3n) is 15.9. The quantitative estimate of drug-likeness (QED) is 0.0189. The molecule has 4 amide bonds. The second-order valence-electron chi connectivity index (χ2n) is 21.7. The van der Waals surface area contributed by atoms with Crippen LogP contribution >= 0.6 is 0 Å². The van der Waals surface area contributed by atoms with E-state index in [0.717, 1.165) is 119 Å². The van der Waals surface area contributed by atoms with Crippen LogP contribution in [0.5, 0.6) is 0 Å². The van der Waals surface area contributed by atoms with Crippen LogP contribution in [0.2, 0.25) is 0 Å². The fraction of sp³-hybridized carbons (Fsp3) is 0. The van der Waals surface area contributed by atoms with Crippen LogP contribution in [0.1, 0.15) is 15.9 Å². The van der Waals surface area contributed by atoms with E-state index in [4.69, 9.17) is 0 Å². The molecule has 4 bridgehead atoms. The zero-order valence-electron chi connectivity index (χ0n) is 48.7. The molecule has 0 saturated carbocycles. The summed E-state index contributed by atoms with van der Waals surface area (Å²) >= 11 is 0. The van der Waals surface area contributed by atoms with Crippen molar-refractivity contribution in [2.45, 2.75) is 39.2 Å².